The van der Waals surface area contributed by atoms with Crippen LogP contribution in [0.25, 0.3) is 0 Å². The van der Waals surface area contributed by atoms with Gasteiger partial charge in [0.05, 0.1) is 13.7 Å². The number of esters is 3. The van der Waals surface area contributed by atoms with Gasteiger partial charge < -0.3 is 59.1 Å². The van der Waals surface area contributed by atoms with E-state index in [-0.39, 0.29) is 0 Å². The number of hydrogen-bond donors (Lipinski definition) is 7. The highest BCUT2D eigenvalue weighted by Crippen LogP contribution is 2.62. The van der Waals surface area contributed by atoms with Gasteiger partial charge in [0, 0.05) is 40.0 Å². The third-order valence-electron chi connectivity index (χ3n) is 7.49. The molecule has 26 nitrogen and oxygen atoms in total. The van der Waals surface area contributed by atoms with Crippen LogP contribution in [0, 0.1) is 0 Å². The molecule has 0 aromatic carbocycles. The van der Waals surface area contributed by atoms with E-state index in [2.05, 4.69) is 19.7 Å². The van der Waals surface area contributed by atoms with Crippen LogP contribution in [0.3, 0.4) is 0 Å². The van der Waals surface area contributed by atoms with Gasteiger partial charge in [-0.3, -0.25) is 42.6 Å². The van der Waals surface area contributed by atoms with Crippen LogP contribution < -0.4 is 21.9 Å². The fraction of sp³-hybridized carbons (Fsp3) is 0.667. The number of carbonyl (C=O) groups excluding carboxylic acids is 5. The number of carbonyl (C=O) groups is 5. The van der Waals surface area contributed by atoms with E-state index in [0.29, 0.717) is 4.57 Å². The van der Waals surface area contributed by atoms with Crippen molar-refractivity contribution in [2.45, 2.75) is 95.5 Å². The summed E-state index contributed by atoms with van der Waals surface area (Å²) in [6.45, 7) is 2.78. The first kappa shape index (κ1) is 45.5. The fourth-order valence-electron chi connectivity index (χ4n) is 5.39. The maximum atomic E-state index is 13.4. The number of amides is 2. The van der Waals surface area contributed by atoms with Crippen molar-refractivity contribution >= 4 is 45.4 Å². The van der Waals surface area contributed by atoms with Gasteiger partial charge in [0.1, 0.15) is 37.1 Å². The minimum atomic E-state index is -6.07. The van der Waals surface area contributed by atoms with Crippen LogP contribution in [0.15, 0.2) is 21.9 Å². The molecule has 2 aliphatic heterocycles. The summed E-state index contributed by atoms with van der Waals surface area (Å²) in [5, 5.41) is 25.2. The largest absolute Gasteiger partial charge is 0.483 e. The van der Waals surface area contributed by atoms with Crippen molar-refractivity contribution in [3.05, 3.63) is 33.1 Å². The highest BCUT2D eigenvalue weighted by molar-refractivity contribution is 7.61. The number of hydrogen-bond acceptors (Lipinski definition) is 20. The number of rotatable bonds is 16. The topological polar surface area (TPSA) is 362 Å². The molecular weight excluding hydrogens is 794 g/mol. The molecule has 55 heavy (non-hydrogen) atoms. The number of aromatic nitrogens is 2. The molecule has 0 saturated carbocycles. The zero-order valence-electron chi connectivity index (χ0n) is 29.7. The zero-order chi connectivity index (χ0) is 41.6. The molecule has 7 N–H and O–H groups in total. The van der Waals surface area contributed by atoms with Crippen LogP contribution in [0.5, 0.6) is 0 Å². The molecule has 0 aliphatic carbocycles. The van der Waals surface area contributed by atoms with Crippen LogP contribution in [0.1, 0.15) is 40.8 Å². The number of methoxy groups -OCH3 is 1. The molecule has 3 rings (SSSR count). The lowest BCUT2D eigenvalue weighted by molar-refractivity contribution is -0.299. The maximum absolute atomic E-state index is 13.4. The number of phosphoric acid groups is 2. The number of nitrogens with one attached hydrogen (secondary N) is 3. The smallest absolute Gasteiger partial charge is 0.467 e. The number of phosphoric ester groups is 2. The minimum Gasteiger partial charge on any atom is -0.467 e. The van der Waals surface area contributed by atoms with Crippen LogP contribution in [-0.2, 0) is 74.9 Å². The van der Waals surface area contributed by atoms with E-state index in [9.17, 15) is 62.7 Å². The third-order valence-corrected chi connectivity index (χ3v) is 10.1. The molecule has 310 valence electrons. The van der Waals surface area contributed by atoms with Crippen molar-refractivity contribution in [1.82, 2.24) is 20.2 Å². The van der Waals surface area contributed by atoms with Crippen molar-refractivity contribution in [2.75, 3.05) is 20.3 Å². The summed E-state index contributed by atoms with van der Waals surface area (Å²) in [6.07, 6.45) is -16.1. The second kappa shape index (κ2) is 18.4. The van der Waals surface area contributed by atoms with E-state index < -0.39 is 131 Å². The number of aliphatic hydroxyl groups is 2. The van der Waals surface area contributed by atoms with Crippen LogP contribution >= 0.6 is 15.6 Å². The van der Waals surface area contributed by atoms with Crippen molar-refractivity contribution in [1.29, 1.82) is 0 Å². The Hall–Kier alpha value is -3.91. The van der Waals surface area contributed by atoms with E-state index in [0.717, 1.165) is 54.0 Å². The van der Waals surface area contributed by atoms with Crippen molar-refractivity contribution in [2.24, 2.45) is 0 Å². The minimum absolute atomic E-state index is 0.685. The average Bonchev–Trinajstić information content (AvgIpc) is 3.32. The summed E-state index contributed by atoms with van der Waals surface area (Å²) >= 11 is 0. The average molecular weight is 835 g/mol. The lowest BCUT2D eigenvalue weighted by Gasteiger charge is -2.53. The first-order valence-electron chi connectivity index (χ1n) is 15.7. The van der Waals surface area contributed by atoms with Gasteiger partial charge in [-0.05, 0) is 6.92 Å². The Morgan fingerprint density at radius 1 is 0.945 bits per heavy atom. The quantitative estimate of drug-likeness (QED) is 0.0368. The Morgan fingerprint density at radius 3 is 2.09 bits per heavy atom. The first-order valence-corrected chi connectivity index (χ1v) is 18.7. The fourth-order valence-corrected chi connectivity index (χ4v) is 7.57. The van der Waals surface area contributed by atoms with Gasteiger partial charge in [-0.15, -0.1) is 0 Å². The molecule has 2 amide bonds. The number of nitrogens with zero attached hydrogens (tertiary/aromatic N) is 1. The molecule has 0 spiro atoms. The molecule has 1 aromatic rings. The molecule has 28 heteroatoms. The molecule has 0 radical (unpaired) electrons. The van der Waals surface area contributed by atoms with Gasteiger partial charge in [-0.1, -0.05) is 0 Å². The molecule has 0 bridgehead atoms. The molecule has 2 aliphatic rings. The number of H-pyrrole nitrogens is 1. The Kier molecular flexibility index (Phi) is 15.2. The predicted molar refractivity (Wildman–Crippen MR) is 173 cm³/mol. The van der Waals surface area contributed by atoms with E-state index in [1.165, 1.54) is 0 Å². The molecule has 2 unspecified atom stereocenters. The standard InChI is InChI=1S/C27H40N4O22P2/c1-11(24(39)45-6)48-22-21(49-15(5)35)17(9-46-14(4)34)51-25(27(22,29-12(2)32)30-13(3)33)52-55(43,44)53-54(41,42)47-10-16-19(37)20(38)23(50-16)31-8-7-18(36)28-26(31)40/h7-8,11,16-17,19-23,25,37-38H,9-10H2,1-6H3,(H,29,32)(H,30,33)(H,41,42)(H,43,44)(H,28,36,40)/t11-,16-,17-,19-,20-,21-,22+,23-,25-/m1/s1. The Morgan fingerprint density at radius 2 is 1.56 bits per heavy atom. The van der Waals surface area contributed by atoms with Crippen LogP contribution in [-0.4, -0.2) is 134 Å². The second-order valence-electron chi connectivity index (χ2n) is 11.8. The zero-order valence-corrected chi connectivity index (χ0v) is 31.5. The van der Waals surface area contributed by atoms with Crippen LogP contribution in [0.2, 0.25) is 0 Å². The molecule has 2 fully saturated rings. The Balaban J connectivity index is 1.99. The van der Waals surface area contributed by atoms with Gasteiger partial charge in [0.2, 0.25) is 18.1 Å². The number of ether oxygens (including phenoxy) is 6. The summed E-state index contributed by atoms with van der Waals surface area (Å²) in [6, 6.07) is 0.897. The third kappa shape index (κ3) is 11.8. The van der Waals surface area contributed by atoms with Crippen molar-refractivity contribution in [3.63, 3.8) is 0 Å². The Bertz CT molecular complexity index is 1800. The van der Waals surface area contributed by atoms with Crippen molar-refractivity contribution < 1.29 is 94.9 Å². The molecule has 1 aromatic heterocycles. The normalized spacial score (nSPS) is 28.8. The highest BCUT2D eigenvalue weighted by atomic mass is 31.3. The van der Waals surface area contributed by atoms with Gasteiger partial charge in [0.25, 0.3) is 5.56 Å². The van der Waals surface area contributed by atoms with E-state index >= 15 is 0 Å². The summed E-state index contributed by atoms with van der Waals surface area (Å²) in [7, 11) is -10.9. The molecule has 2 saturated heterocycles. The van der Waals surface area contributed by atoms with Gasteiger partial charge in [-0.25, -0.2) is 18.7 Å². The summed E-state index contributed by atoms with van der Waals surface area (Å²) in [5.41, 5.74) is -4.65. The SMILES string of the molecule is COC(=O)[C@@H](C)O[C@H]1[C@H](OC(C)=O)[C@@H](COC(C)=O)O[C@H](OP(=O)(O)OP(=O)(O)OC[C@H]2O[C@@H](n3ccc(=O)[nH]c3=O)[C@H](O)[C@@H]2O)C1(NC(C)=O)NC(C)=O. The summed E-state index contributed by atoms with van der Waals surface area (Å²) < 4.78 is 73.0. The van der Waals surface area contributed by atoms with E-state index in [4.69, 9.17) is 32.7 Å². The van der Waals surface area contributed by atoms with E-state index in [1.54, 1.807) is 0 Å². The van der Waals surface area contributed by atoms with Gasteiger partial charge >= 0.3 is 39.2 Å². The van der Waals surface area contributed by atoms with Crippen molar-refractivity contribution in [3.8, 4) is 0 Å². The number of aliphatic hydroxyl groups excluding tert-OH is 2. The highest BCUT2D eigenvalue weighted by Gasteiger charge is 2.63. The van der Waals surface area contributed by atoms with Crippen LogP contribution in [0.4, 0.5) is 0 Å². The second-order valence-corrected chi connectivity index (χ2v) is 14.8. The summed E-state index contributed by atoms with van der Waals surface area (Å²) in [5.74, 6) is -5.11. The lowest BCUT2D eigenvalue weighted by atomic mass is 9.89. The van der Waals surface area contributed by atoms with Gasteiger partial charge in [0.15, 0.2) is 24.1 Å². The Labute approximate surface area is 309 Å². The lowest BCUT2D eigenvalue weighted by Crippen LogP contribution is -2.81. The maximum Gasteiger partial charge on any atom is 0.483 e. The van der Waals surface area contributed by atoms with E-state index in [1.807, 2.05) is 4.98 Å². The molecule has 3 heterocycles. The number of aromatic amines is 1. The predicted octanol–water partition coefficient (Wildman–Crippen LogP) is -3.46. The van der Waals surface area contributed by atoms with Gasteiger partial charge in [-0.2, -0.15) is 4.31 Å². The first-order chi connectivity index (χ1) is 25.4. The monoisotopic (exact) mass is 834 g/mol. The molecule has 11 atom stereocenters. The summed E-state index contributed by atoms with van der Waals surface area (Å²) in [4.78, 5) is 108. The molecular formula is C27H40N4O22P2.